The summed E-state index contributed by atoms with van der Waals surface area (Å²) in [6.45, 7) is 11.6. The number of morpholine rings is 1. The maximum Gasteiger partial charge on any atom is 0.251 e. The van der Waals surface area contributed by atoms with Crippen LogP contribution in [0, 0.1) is 0 Å². The van der Waals surface area contributed by atoms with E-state index in [1.165, 1.54) is 5.56 Å². The topological polar surface area (TPSA) is 50.8 Å². The number of rotatable bonds is 8. The Hall–Kier alpha value is -2.63. The van der Waals surface area contributed by atoms with Gasteiger partial charge in [-0.05, 0) is 49.2 Å². The van der Waals surface area contributed by atoms with Crippen LogP contribution in [0.2, 0.25) is 0 Å². The highest BCUT2D eigenvalue weighted by Gasteiger charge is 2.21. The first-order valence-electron chi connectivity index (χ1n) is 10.1. The molecule has 154 valence electrons. The van der Waals surface area contributed by atoms with Gasteiger partial charge in [-0.1, -0.05) is 36.9 Å². The average molecular weight is 395 g/mol. The summed E-state index contributed by atoms with van der Waals surface area (Å²) in [6.07, 6.45) is 2.24. The van der Waals surface area contributed by atoms with Gasteiger partial charge in [0.05, 0.1) is 12.2 Å². The van der Waals surface area contributed by atoms with Crippen LogP contribution in [-0.4, -0.2) is 42.7 Å². The molecule has 1 fully saturated rings. The molecule has 1 saturated heterocycles. The molecule has 2 aromatic rings. The van der Waals surface area contributed by atoms with Gasteiger partial charge in [-0.2, -0.15) is 0 Å². The van der Waals surface area contributed by atoms with Crippen LogP contribution < -0.4 is 10.1 Å². The molecule has 2 aromatic carbocycles. The van der Waals surface area contributed by atoms with Gasteiger partial charge >= 0.3 is 0 Å². The summed E-state index contributed by atoms with van der Waals surface area (Å²) in [5.74, 6) is 0.627. The van der Waals surface area contributed by atoms with Crippen molar-refractivity contribution in [1.29, 1.82) is 0 Å². The van der Waals surface area contributed by atoms with Crippen molar-refractivity contribution >= 4 is 5.91 Å². The second-order valence-corrected chi connectivity index (χ2v) is 7.57. The van der Waals surface area contributed by atoms with Crippen LogP contribution in [-0.2, 0) is 17.8 Å². The van der Waals surface area contributed by atoms with Crippen LogP contribution in [0.25, 0.3) is 0 Å². The lowest BCUT2D eigenvalue weighted by atomic mass is 10.1. The first kappa shape index (κ1) is 21.1. The number of amides is 1. The summed E-state index contributed by atoms with van der Waals surface area (Å²) >= 11 is 0. The Bertz CT molecular complexity index is 792. The molecule has 0 saturated carbocycles. The molecule has 0 bridgehead atoms. The molecular formula is C24H30N2O3. The fourth-order valence-electron chi connectivity index (χ4n) is 3.58. The number of nitrogens with one attached hydrogen (secondary N) is 1. The van der Waals surface area contributed by atoms with E-state index in [9.17, 15) is 4.79 Å². The van der Waals surface area contributed by atoms with E-state index in [2.05, 4.69) is 54.9 Å². The van der Waals surface area contributed by atoms with Gasteiger partial charge < -0.3 is 14.8 Å². The fourth-order valence-corrected chi connectivity index (χ4v) is 3.58. The zero-order valence-corrected chi connectivity index (χ0v) is 17.3. The maximum atomic E-state index is 12.3. The predicted molar refractivity (Wildman–Crippen MR) is 115 cm³/mol. The Balaban J connectivity index is 1.48. The van der Waals surface area contributed by atoms with Crippen LogP contribution in [0.3, 0.4) is 0 Å². The van der Waals surface area contributed by atoms with Crippen LogP contribution in [0.5, 0.6) is 5.75 Å². The molecule has 1 aliphatic rings. The van der Waals surface area contributed by atoms with E-state index < -0.39 is 0 Å². The van der Waals surface area contributed by atoms with Crippen molar-refractivity contribution < 1.29 is 14.3 Å². The maximum absolute atomic E-state index is 12.3. The Labute approximate surface area is 173 Å². The van der Waals surface area contributed by atoms with E-state index in [1.807, 2.05) is 0 Å². The van der Waals surface area contributed by atoms with Gasteiger partial charge in [-0.3, -0.25) is 9.69 Å². The third-order valence-electron chi connectivity index (χ3n) is 4.86. The SMILES string of the molecule is C=CCOc1ccc(C(=O)NCc2ccc(CN3CC(C)OC(C)C3)cc2)cc1. The molecule has 0 aromatic heterocycles. The molecule has 0 aliphatic carbocycles. The van der Waals surface area contributed by atoms with Crippen molar-refractivity contribution in [2.24, 2.45) is 0 Å². The van der Waals surface area contributed by atoms with E-state index >= 15 is 0 Å². The molecule has 0 spiro atoms. The molecule has 29 heavy (non-hydrogen) atoms. The highest BCUT2D eigenvalue weighted by atomic mass is 16.5. The van der Waals surface area contributed by atoms with Gasteiger partial charge in [-0.15, -0.1) is 0 Å². The van der Waals surface area contributed by atoms with E-state index in [0.717, 1.165) is 30.9 Å². The number of benzene rings is 2. The molecule has 2 unspecified atom stereocenters. The van der Waals surface area contributed by atoms with E-state index in [0.29, 0.717) is 18.7 Å². The molecule has 1 amide bonds. The van der Waals surface area contributed by atoms with Crippen LogP contribution >= 0.6 is 0 Å². The molecule has 1 N–H and O–H groups in total. The Morgan fingerprint density at radius 2 is 1.72 bits per heavy atom. The molecule has 3 rings (SSSR count). The van der Waals surface area contributed by atoms with Gasteiger partial charge in [0.2, 0.25) is 0 Å². The highest BCUT2D eigenvalue weighted by molar-refractivity contribution is 5.94. The zero-order chi connectivity index (χ0) is 20.6. The van der Waals surface area contributed by atoms with Gasteiger partial charge in [0.25, 0.3) is 5.91 Å². The molecule has 5 nitrogen and oxygen atoms in total. The van der Waals surface area contributed by atoms with Crippen molar-refractivity contribution in [2.45, 2.75) is 39.1 Å². The van der Waals surface area contributed by atoms with Gasteiger partial charge in [0, 0.05) is 31.7 Å². The normalized spacial score (nSPS) is 19.5. The number of carbonyl (C=O) groups is 1. The first-order valence-corrected chi connectivity index (χ1v) is 10.1. The number of hydrogen-bond acceptors (Lipinski definition) is 4. The van der Waals surface area contributed by atoms with Crippen LogP contribution in [0.1, 0.15) is 35.3 Å². The molecule has 1 aliphatic heterocycles. The van der Waals surface area contributed by atoms with Crippen molar-refractivity contribution in [2.75, 3.05) is 19.7 Å². The van der Waals surface area contributed by atoms with Gasteiger partial charge in [0.15, 0.2) is 0 Å². The minimum Gasteiger partial charge on any atom is -0.490 e. The quantitative estimate of drug-likeness (QED) is 0.692. The van der Waals surface area contributed by atoms with Crippen molar-refractivity contribution in [3.05, 3.63) is 77.9 Å². The summed E-state index contributed by atoms with van der Waals surface area (Å²) < 4.78 is 11.2. The highest BCUT2D eigenvalue weighted by Crippen LogP contribution is 2.15. The predicted octanol–water partition coefficient (Wildman–Crippen LogP) is 3.79. The van der Waals surface area contributed by atoms with E-state index in [4.69, 9.17) is 9.47 Å². The first-order chi connectivity index (χ1) is 14.0. The smallest absolute Gasteiger partial charge is 0.251 e. The minimum absolute atomic E-state index is 0.0966. The summed E-state index contributed by atoms with van der Waals surface area (Å²) in [7, 11) is 0. The van der Waals surface area contributed by atoms with Gasteiger partial charge in [0.1, 0.15) is 12.4 Å². The average Bonchev–Trinajstić information content (AvgIpc) is 2.71. The Morgan fingerprint density at radius 1 is 1.10 bits per heavy atom. The lowest BCUT2D eigenvalue weighted by Gasteiger charge is -2.35. The zero-order valence-electron chi connectivity index (χ0n) is 17.3. The van der Waals surface area contributed by atoms with Gasteiger partial charge in [-0.25, -0.2) is 0 Å². The van der Waals surface area contributed by atoms with Crippen LogP contribution in [0.4, 0.5) is 0 Å². The summed E-state index contributed by atoms with van der Waals surface area (Å²) in [5, 5.41) is 2.97. The standard InChI is InChI=1S/C24H30N2O3/c1-4-13-28-23-11-9-22(10-12-23)24(27)25-14-20-5-7-21(8-6-20)17-26-15-18(2)29-19(3)16-26/h4-12,18-19H,1,13-17H2,2-3H3,(H,25,27). The summed E-state index contributed by atoms with van der Waals surface area (Å²) in [5.41, 5.74) is 2.97. The lowest BCUT2D eigenvalue weighted by Crippen LogP contribution is -2.44. The third-order valence-corrected chi connectivity index (χ3v) is 4.86. The second-order valence-electron chi connectivity index (χ2n) is 7.57. The van der Waals surface area contributed by atoms with E-state index in [-0.39, 0.29) is 18.1 Å². The molecule has 5 heteroatoms. The van der Waals surface area contributed by atoms with E-state index in [1.54, 1.807) is 30.3 Å². The Kier molecular flexibility index (Phi) is 7.44. The summed E-state index contributed by atoms with van der Waals surface area (Å²) in [4.78, 5) is 14.8. The monoisotopic (exact) mass is 394 g/mol. The largest absolute Gasteiger partial charge is 0.490 e. The van der Waals surface area contributed by atoms with Crippen molar-refractivity contribution in [3.8, 4) is 5.75 Å². The molecule has 2 atom stereocenters. The number of ether oxygens (including phenoxy) is 2. The van der Waals surface area contributed by atoms with Crippen LogP contribution in [0.15, 0.2) is 61.2 Å². The number of carbonyl (C=O) groups excluding carboxylic acids is 1. The Morgan fingerprint density at radius 3 is 2.34 bits per heavy atom. The summed E-state index contributed by atoms with van der Waals surface area (Å²) in [6, 6.07) is 15.5. The second kappa shape index (κ2) is 10.2. The number of hydrogen-bond donors (Lipinski definition) is 1. The van der Waals surface area contributed by atoms with Crippen molar-refractivity contribution in [1.82, 2.24) is 10.2 Å². The molecule has 1 heterocycles. The fraction of sp³-hybridized carbons (Fsp3) is 0.375. The number of nitrogens with zero attached hydrogens (tertiary/aromatic N) is 1. The third kappa shape index (κ3) is 6.44. The molecular weight excluding hydrogens is 364 g/mol. The minimum atomic E-state index is -0.0966. The van der Waals surface area contributed by atoms with Crippen molar-refractivity contribution in [3.63, 3.8) is 0 Å². The lowest BCUT2D eigenvalue weighted by molar-refractivity contribution is -0.0704. The molecule has 0 radical (unpaired) electrons.